The van der Waals surface area contributed by atoms with Gasteiger partial charge in [-0.25, -0.2) is 0 Å². The fraction of sp³-hybridized carbons (Fsp3) is 0.632. The molecule has 126 valence electrons. The lowest BCUT2D eigenvalue weighted by molar-refractivity contribution is -0.123. The second kappa shape index (κ2) is 7.35. The van der Waals surface area contributed by atoms with Gasteiger partial charge in [0.2, 0.25) is 5.91 Å². The Morgan fingerprint density at radius 1 is 1.35 bits per heavy atom. The molecule has 1 aliphatic heterocycles. The van der Waals surface area contributed by atoms with E-state index in [-0.39, 0.29) is 17.2 Å². The molecule has 0 radical (unpaired) electrons. The predicted molar refractivity (Wildman–Crippen MR) is 89.7 cm³/mol. The molecular weight excluding hydrogens is 290 g/mol. The number of hydrogen-bond donors (Lipinski definition) is 1. The van der Waals surface area contributed by atoms with Crippen LogP contribution in [0.1, 0.15) is 50.5 Å². The van der Waals surface area contributed by atoms with Crippen molar-refractivity contribution in [2.75, 3.05) is 26.4 Å². The number of fused-ring (bicyclic) bond motifs is 1. The number of hydrogen-bond acceptors (Lipinski definition) is 3. The Bertz CT molecular complexity index is 537. The number of benzene rings is 1. The molecule has 23 heavy (non-hydrogen) atoms. The van der Waals surface area contributed by atoms with Crippen molar-refractivity contribution >= 4 is 5.91 Å². The van der Waals surface area contributed by atoms with Crippen LogP contribution in [0.25, 0.3) is 0 Å². The Labute approximate surface area is 138 Å². The van der Waals surface area contributed by atoms with Crippen LogP contribution in [0.15, 0.2) is 24.3 Å². The van der Waals surface area contributed by atoms with Gasteiger partial charge in [0.15, 0.2) is 0 Å². The van der Waals surface area contributed by atoms with Gasteiger partial charge in [0.25, 0.3) is 0 Å². The number of rotatable bonds is 7. The zero-order chi connectivity index (χ0) is 16.1. The fourth-order valence-corrected chi connectivity index (χ4v) is 3.85. The summed E-state index contributed by atoms with van der Waals surface area (Å²) in [5.74, 6) is 0.772. The van der Waals surface area contributed by atoms with E-state index in [2.05, 4.69) is 5.32 Å². The van der Waals surface area contributed by atoms with Crippen LogP contribution in [0.5, 0.6) is 5.75 Å². The predicted octanol–water partition coefficient (Wildman–Crippen LogP) is 3.27. The first-order chi connectivity index (χ1) is 11.2. The maximum Gasteiger partial charge on any atom is 0.231 e. The molecule has 1 fully saturated rings. The van der Waals surface area contributed by atoms with E-state index in [0.717, 1.165) is 37.5 Å². The van der Waals surface area contributed by atoms with Crippen molar-refractivity contribution in [3.63, 3.8) is 0 Å². The van der Waals surface area contributed by atoms with Crippen molar-refractivity contribution in [3.8, 4) is 5.75 Å². The SMILES string of the molecule is CCOCCC1(CNC(=O)[C@@H]2COc3ccccc32)CCCC1. The lowest BCUT2D eigenvalue weighted by Gasteiger charge is -2.29. The van der Waals surface area contributed by atoms with Gasteiger partial charge in [0.05, 0.1) is 0 Å². The molecular formula is C19H27NO3. The van der Waals surface area contributed by atoms with Gasteiger partial charge < -0.3 is 14.8 Å². The fourth-order valence-electron chi connectivity index (χ4n) is 3.85. The van der Waals surface area contributed by atoms with Gasteiger partial charge in [0, 0.05) is 25.3 Å². The molecule has 1 saturated carbocycles. The van der Waals surface area contributed by atoms with E-state index in [9.17, 15) is 4.79 Å². The van der Waals surface area contributed by atoms with E-state index in [4.69, 9.17) is 9.47 Å². The molecule has 4 heteroatoms. The lowest BCUT2D eigenvalue weighted by atomic mass is 9.82. The normalized spacial score (nSPS) is 21.7. The van der Waals surface area contributed by atoms with E-state index in [1.807, 2.05) is 31.2 Å². The van der Waals surface area contributed by atoms with Crippen molar-refractivity contribution in [2.45, 2.75) is 44.9 Å². The van der Waals surface area contributed by atoms with Crippen molar-refractivity contribution in [3.05, 3.63) is 29.8 Å². The van der Waals surface area contributed by atoms with Crippen molar-refractivity contribution < 1.29 is 14.3 Å². The molecule has 1 aromatic rings. The third-order valence-corrected chi connectivity index (χ3v) is 5.30. The number of para-hydroxylation sites is 1. The van der Waals surface area contributed by atoms with Gasteiger partial charge in [0.1, 0.15) is 18.3 Å². The minimum absolute atomic E-state index is 0.0950. The largest absolute Gasteiger partial charge is 0.492 e. The van der Waals surface area contributed by atoms with Crippen LogP contribution in [0.4, 0.5) is 0 Å². The number of carbonyl (C=O) groups excluding carboxylic acids is 1. The number of carbonyl (C=O) groups is 1. The molecule has 1 aromatic carbocycles. The highest BCUT2D eigenvalue weighted by Gasteiger charge is 2.36. The minimum atomic E-state index is -0.170. The summed E-state index contributed by atoms with van der Waals surface area (Å²) in [6.07, 6.45) is 5.95. The summed E-state index contributed by atoms with van der Waals surface area (Å²) < 4.78 is 11.2. The molecule has 0 unspecified atom stereocenters. The number of ether oxygens (including phenoxy) is 2. The standard InChI is InChI=1S/C19H27NO3/c1-2-22-12-11-19(9-5-6-10-19)14-20-18(21)16-13-23-17-8-4-3-7-15(16)17/h3-4,7-8,16H,2,5-6,9-14H2,1H3,(H,20,21)/t16-/m1/s1. The second-order valence-electron chi connectivity index (χ2n) is 6.77. The third-order valence-electron chi connectivity index (χ3n) is 5.30. The summed E-state index contributed by atoms with van der Waals surface area (Å²) >= 11 is 0. The van der Waals surface area contributed by atoms with Gasteiger partial charge in [-0.2, -0.15) is 0 Å². The summed E-state index contributed by atoms with van der Waals surface area (Å²) in [6, 6.07) is 7.84. The van der Waals surface area contributed by atoms with Crippen molar-refractivity contribution in [1.82, 2.24) is 5.32 Å². The number of amides is 1. The molecule has 1 aliphatic carbocycles. The van der Waals surface area contributed by atoms with E-state index < -0.39 is 0 Å². The maximum atomic E-state index is 12.6. The zero-order valence-electron chi connectivity index (χ0n) is 14.0. The summed E-state index contributed by atoms with van der Waals surface area (Å²) in [5.41, 5.74) is 1.24. The monoisotopic (exact) mass is 317 g/mol. The van der Waals surface area contributed by atoms with Gasteiger partial charge in [-0.15, -0.1) is 0 Å². The highest BCUT2D eigenvalue weighted by molar-refractivity contribution is 5.85. The lowest BCUT2D eigenvalue weighted by Crippen LogP contribution is -2.39. The average Bonchev–Trinajstić information content (AvgIpc) is 3.20. The van der Waals surface area contributed by atoms with Gasteiger partial charge in [-0.1, -0.05) is 31.0 Å². The Hall–Kier alpha value is -1.55. The molecule has 2 aliphatic rings. The van der Waals surface area contributed by atoms with Crippen LogP contribution in [0.3, 0.4) is 0 Å². The summed E-state index contributed by atoms with van der Waals surface area (Å²) in [6.45, 7) is 4.80. The summed E-state index contributed by atoms with van der Waals surface area (Å²) in [5, 5.41) is 3.20. The topological polar surface area (TPSA) is 47.6 Å². The highest BCUT2D eigenvalue weighted by atomic mass is 16.5. The summed E-state index contributed by atoms with van der Waals surface area (Å²) in [4.78, 5) is 12.6. The van der Waals surface area contributed by atoms with Crippen LogP contribution in [-0.2, 0) is 9.53 Å². The highest BCUT2D eigenvalue weighted by Crippen LogP contribution is 2.41. The molecule has 0 spiro atoms. The first-order valence-electron chi connectivity index (χ1n) is 8.81. The Balaban J connectivity index is 1.57. The zero-order valence-corrected chi connectivity index (χ0v) is 14.0. The van der Waals surface area contributed by atoms with E-state index in [1.165, 1.54) is 25.7 Å². The summed E-state index contributed by atoms with van der Waals surface area (Å²) in [7, 11) is 0. The Morgan fingerprint density at radius 2 is 2.13 bits per heavy atom. The molecule has 1 N–H and O–H groups in total. The van der Waals surface area contributed by atoms with Crippen LogP contribution >= 0.6 is 0 Å². The molecule has 4 nitrogen and oxygen atoms in total. The molecule has 0 bridgehead atoms. The van der Waals surface area contributed by atoms with Gasteiger partial charge in [-0.05, 0) is 37.7 Å². The van der Waals surface area contributed by atoms with Crippen LogP contribution in [0.2, 0.25) is 0 Å². The molecule has 3 rings (SSSR count). The van der Waals surface area contributed by atoms with Crippen LogP contribution < -0.4 is 10.1 Å². The first kappa shape index (κ1) is 16.3. The maximum absolute atomic E-state index is 12.6. The second-order valence-corrected chi connectivity index (χ2v) is 6.77. The van der Waals surface area contributed by atoms with E-state index >= 15 is 0 Å². The van der Waals surface area contributed by atoms with E-state index in [1.54, 1.807) is 0 Å². The van der Waals surface area contributed by atoms with Crippen LogP contribution in [-0.4, -0.2) is 32.3 Å². The minimum Gasteiger partial charge on any atom is -0.492 e. The molecule has 1 heterocycles. The molecule has 0 saturated heterocycles. The van der Waals surface area contributed by atoms with Crippen LogP contribution in [0, 0.1) is 5.41 Å². The first-order valence-corrected chi connectivity index (χ1v) is 8.81. The quantitative estimate of drug-likeness (QED) is 0.785. The van der Waals surface area contributed by atoms with Crippen molar-refractivity contribution in [2.24, 2.45) is 5.41 Å². The molecule has 1 atom stereocenters. The Morgan fingerprint density at radius 3 is 2.91 bits per heavy atom. The Kier molecular flexibility index (Phi) is 5.21. The van der Waals surface area contributed by atoms with Gasteiger partial charge >= 0.3 is 0 Å². The third kappa shape index (κ3) is 3.69. The van der Waals surface area contributed by atoms with Crippen molar-refractivity contribution in [1.29, 1.82) is 0 Å². The smallest absolute Gasteiger partial charge is 0.231 e. The average molecular weight is 317 g/mol. The van der Waals surface area contributed by atoms with E-state index in [0.29, 0.717) is 6.61 Å². The van der Waals surface area contributed by atoms with Gasteiger partial charge in [-0.3, -0.25) is 4.79 Å². The number of nitrogens with one attached hydrogen (secondary N) is 1. The molecule has 0 aromatic heterocycles. The molecule has 1 amide bonds.